The van der Waals surface area contributed by atoms with Gasteiger partial charge in [0.1, 0.15) is 0 Å². The van der Waals surface area contributed by atoms with E-state index >= 15 is 0 Å². The van der Waals surface area contributed by atoms with Gasteiger partial charge in [0.2, 0.25) is 0 Å². The number of amides is 1. The zero-order valence-corrected chi connectivity index (χ0v) is 23.2. The number of likely N-dealkylation sites (tertiary alicyclic amines) is 1. The average Bonchev–Trinajstić information content (AvgIpc) is 3.76. The van der Waals surface area contributed by atoms with Crippen molar-refractivity contribution in [3.63, 3.8) is 0 Å². The van der Waals surface area contributed by atoms with Crippen LogP contribution in [0.1, 0.15) is 67.1 Å². The number of nitrogens with one attached hydrogen (secondary N) is 1. The SMILES string of the molecule is CC(CNC(=O)c1ccc2c(c1)[C@@]1(C)CCN(CC3CC3)C(C2)[C@@H]1C)Cc1ccc(-c2ccccc2)cc1. The monoisotopic (exact) mass is 506 g/mol. The van der Waals surface area contributed by atoms with Crippen LogP contribution in [0.25, 0.3) is 11.1 Å². The van der Waals surface area contributed by atoms with E-state index in [9.17, 15) is 4.79 Å². The number of carbonyl (C=O) groups excluding carboxylic acids is 1. The third kappa shape index (κ3) is 5.06. The topological polar surface area (TPSA) is 32.3 Å². The van der Waals surface area contributed by atoms with Gasteiger partial charge in [-0.3, -0.25) is 9.69 Å². The molecule has 0 spiro atoms. The molecule has 198 valence electrons. The number of nitrogens with zero attached hydrogens (tertiary/aromatic N) is 1. The third-order valence-corrected chi connectivity index (χ3v) is 9.83. The van der Waals surface area contributed by atoms with Crippen LogP contribution in [0, 0.1) is 17.8 Å². The van der Waals surface area contributed by atoms with Gasteiger partial charge in [0.15, 0.2) is 0 Å². The van der Waals surface area contributed by atoms with Crippen LogP contribution in [0.5, 0.6) is 0 Å². The second kappa shape index (κ2) is 10.3. The van der Waals surface area contributed by atoms with Gasteiger partial charge in [0, 0.05) is 24.7 Å². The minimum Gasteiger partial charge on any atom is -0.352 e. The summed E-state index contributed by atoms with van der Waals surface area (Å²) >= 11 is 0. The number of hydrogen-bond acceptors (Lipinski definition) is 2. The molecule has 4 atom stereocenters. The number of benzene rings is 3. The lowest BCUT2D eigenvalue weighted by atomic mass is 9.59. The second-order valence-corrected chi connectivity index (χ2v) is 12.6. The lowest BCUT2D eigenvalue weighted by Crippen LogP contribution is -2.58. The van der Waals surface area contributed by atoms with Gasteiger partial charge in [0.25, 0.3) is 5.91 Å². The zero-order chi connectivity index (χ0) is 26.3. The van der Waals surface area contributed by atoms with Crippen LogP contribution in [0.3, 0.4) is 0 Å². The Hall–Kier alpha value is -2.91. The van der Waals surface area contributed by atoms with E-state index in [1.165, 1.54) is 60.2 Å². The van der Waals surface area contributed by atoms with Crippen molar-refractivity contribution in [3.05, 3.63) is 95.1 Å². The maximum absolute atomic E-state index is 13.2. The summed E-state index contributed by atoms with van der Waals surface area (Å²) in [5.74, 6) is 1.99. The summed E-state index contributed by atoms with van der Waals surface area (Å²) in [6, 6.07) is 26.5. The molecular formula is C35H42N2O. The molecule has 0 aromatic heterocycles. The zero-order valence-electron chi connectivity index (χ0n) is 23.2. The van der Waals surface area contributed by atoms with Crippen molar-refractivity contribution in [1.82, 2.24) is 10.2 Å². The third-order valence-electron chi connectivity index (χ3n) is 9.83. The first-order valence-corrected chi connectivity index (χ1v) is 14.7. The molecule has 1 saturated carbocycles. The minimum absolute atomic E-state index is 0.0589. The van der Waals surface area contributed by atoms with E-state index in [-0.39, 0.29) is 11.3 Å². The number of carbonyl (C=O) groups is 1. The summed E-state index contributed by atoms with van der Waals surface area (Å²) in [5, 5.41) is 3.23. The predicted molar refractivity (Wildman–Crippen MR) is 156 cm³/mol. The molecule has 3 nitrogen and oxygen atoms in total. The van der Waals surface area contributed by atoms with E-state index in [1.54, 1.807) is 0 Å². The van der Waals surface area contributed by atoms with E-state index in [4.69, 9.17) is 0 Å². The Balaban J connectivity index is 1.08. The van der Waals surface area contributed by atoms with Gasteiger partial charge >= 0.3 is 0 Å². The maximum atomic E-state index is 13.2. The van der Waals surface area contributed by atoms with E-state index in [2.05, 4.69) is 97.7 Å². The molecule has 3 aromatic rings. The molecule has 1 aliphatic heterocycles. The van der Waals surface area contributed by atoms with E-state index < -0.39 is 0 Å². The lowest BCUT2D eigenvalue weighted by Gasteiger charge is -2.55. The molecule has 6 rings (SSSR count). The van der Waals surface area contributed by atoms with E-state index in [0.29, 0.717) is 24.4 Å². The van der Waals surface area contributed by atoms with Crippen LogP contribution in [-0.2, 0) is 18.3 Å². The predicted octanol–water partition coefficient (Wildman–Crippen LogP) is 6.90. The number of piperidine rings is 1. The van der Waals surface area contributed by atoms with E-state index in [1.807, 2.05) is 6.07 Å². The van der Waals surface area contributed by atoms with Gasteiger partial charge in [-0.25, -0.2) is 0 Å². The van der Waals surface area contributed by atoms with Crippen LogP contribution >= 0.6 is 0 Å². The smallest absolute Gasteiger partial charge is 0.251 e. The van der Waals surface area contributed by atoms with Crippen molar-refractivity contribution in [3.8, 4) is 11.1 Å². The highest BCUT2D eigenvalue weighted by molar-refractivity contribution is 5.94. The average molecular weight is 507 g/mol. The summed E-state index contributed by atoms with van der Waals surface area (Å²) in [7, 11) is 0. The van der Waals surface area contributed by atoms with Gasteiger partial charge in [-0.2, -0.15) is 0 Å². The van der Waals surface area contributed by atoms with Crippen molar-refractivity contribution in [2.24, 2.45) is 17.8 Å². The first kappa shape index (κ1) is 25.4. The minimum atomic E-state index is 0.0589. The molecule has 3 aromatic carbocycles. The highest BCUT2D eigenvalue weighted by atomic mass is 16.1. The van der Waals surface area contributed by atoms with Crippen molar-refractivity contribution in [2.75, 3.05) is 19.6 Å². The Morgan fingerprint density at radius 2 is 1.76 bits per heavy atom. The molecule has 1 heterocycles. The highest BCUT2D eigenvalue weighted by Gasteiger charge is 2.49. The molecule has 2 fully saturated rings. The van der Waals surface area contributed by atoms with Gasteiger partial charge < -0.3 is 5.32 Å². The first-order valence-electron chi connectivity index (χ1n) is 14.7. The number of fused-ring (bicyclic) bond motifs is 4. The van der Waals surface area contributed by atoms with E-state index in [0.717, 1.165) is 24.3 Å². The molecule has 3 aliphatic rings. The fraction of sp³-hybridized carbons (Fsp3) is 0.457. The molecule has 38 heavy (non-hydrogen) atoms. The standard InChI is InChI=1S/C35H42N2O/c1-24(19-26-11-13-29(14-12-26)28-7-5-4-6-8-28)22-36-34(38)31-16-15-30-21-33-25(2)35(3,32(30)20-31)17-18-37(33)23-27-9-10-27/h4-8,11-16,20,24-25,27,33H,9-10,17-19,21-23H2,1-3H3,(H,36,38)/t24?,25-,33?,35-/m0/s1. The number of hydrogen-bond donors (Lipinski definition) is 1. The summed E-state index contributed by atoms with van der Waals surface area (Å²) in [4.78, 5) is 16.0. The molecular weight excluding hydrogens is 464 g/mol. The largest absolute Gasteiger partial charge is 0.352 e. The molecule has 1 N–H and O–H groups in total. The summed E-state index contributed by atoms with van der Waals surface area (Å²) in [5.41, 5.74) is 7.65. The summed E-state index contributed by atoms with van der Waals surface area (Å²) in [6.07, 6.45) is 6.11. The first-order chi connectivity index (χ1) is 18.4. The molecule has 1 amide bonds. The highest BCUT2D eigenvalue weighted by Crippen LogP contribution is 2.49. The Labute approximate surface area is 228 Å². The second-order valence-electron chi connectivity index (χ2n) is 12.6. The molecule has 2 bridgehead atoms. The van der Waals surface area contributed by atoms with Crippen LogP contribution < -0.4 is 5.32 Å². The van der Waals surface area contributed by atoms with Crippen LogP contribution in [0.4, 0.5) is 0 Å². The Bertz CT molecular complexity index is 1280. The van der Waals surface area contributed by atoms with Crippen LogP contribution in [0.15, 0.2) is 72.8 Å². The Morgan fingerprint density at radius 1 is 1.03 bits per heavy atom. The maximum Gasteiger partial charge on any atom is 0.251 e. The van der Waals surface area contributed by atoms with Crippen molar-refractivity contribution < 1.29 is 4.79 Å². The molecule has 1 saturated heterocycles. The summed E-state index contributed by atoms with van der Waals surface area (Å²) < 4.78 is 0. The Kier molecular flexibility index (Phi) is 6.90. The molecule has 2 unspecified atom stereocenters. The van der Waals surface area contributed by atoms with Crippen LogP contribution in [-0.4, -0.2) is 36.5 Å². The normalized spacial score (nSPS) is 25.4. The summed E-state index contributed by atoms with van der Waals surface area (Å²) in [6.45, 7) is 10.3. The fourth-order valence-electron chi connectivity index (χ4n) is 7.01. The molecule has 3 heteroatoms. The van der Waals surface area contributed by atoms with Crippen molar-refractivity contribution >= 4 is 5.91 Å². The van der Waals surface area contributed by atoms with Gasteiger partial charge in [0.05, 0.1) is 0 Å². The van der Waals surface area contributed by atoms with Crippen molar-refractivity contribution in [1.29, 1.82) is 0 Å². The lowest BCUT2D eigenvalue weighted by molar-refractivity contribution is 0.0284. The fourth-order valence-corrected chi connectivity index (χ4v) is 7.01. The van der Waals surface area contributed by atoms with Gasteiger partial charge in [-0.05, 0) is 102 Å². The van der Waals surface area contributed by atoms with Crippen molar-refractivity contribution in [2.45, 2.75) is 64.3 Å². The van der Waals surface area contributed by atoms with Crippen LogP contribution in [0.2, 0.25) is 0 Å². The molecule has 2 aliphatic carbocycles. The quantitative estimate of drug-likeness (QED) is 0.361. The number of rotatable bonds is 8. The van der Waals surface area contributed by atoms with Gasteiger partial charge in [-0.15, -0.1) is 0 Å². The molecule has 0 radical (unpaired) electrons. The van der Waals surface area contributed by atoms with Gasteiger partial charge in [-0.1, -0.05) is 81.4 Å². The Morgan fingerprint density at radius 3 is 2.50 bits per heavy atom.